The van der Waals surface area contributed by atoms with E-state index >= 15 is 0 Å². The minimum Gasteiger partial charge on any atom is -0.350 e. The van der Waals surface area contributed by atoms with Crippen LogP contribution in [0.3, 0.4) is 0 Å². The molecule has 0 spiro atoms. The molecule has 1 amide bonds. The second kappa shape index (κ2) is 10.1. The molecule has 0 bridgehead atoms. The maximum Gasteiger partial charge on any atom is 0.416 e. The Morgan fingerprint density at radius 1 is 1.03 bits per heavy atom. The highest BCUT2D eigenvalue weighted by molar-refractivity contribution is 8.14. The van der Waals surface area contributed by atoms with Crippen molar-refractivity contribution in [3.8, 4) is 0 Å². The molecule has 11 heteroatoms. The first-order valence-electron chi connectivity index (χ1n) is 10.9. The Hall–Kier alpha value is -1.91. The van der Waals surface area contributed by atoms with Gasteiger partial charge in [0.2, 0.25) is 5.91 Å². The van der Waals surface area contributed by atoms with Crippen LogP contribution in [0.25, 0.3) is 0 Å². The van der Waals surface area contributed by atoms with E-state index in [1.165, 1.54) is 12.8 Å². The predicted molar refractivity (Wildman–Crippen MR) is 117 cm³/mol. The van der Waals surface area contributed by atoms with Crippen LogP contribution in [0.2, 0.25) is 0 Å². The van der Waals surface area contributed by atoms with Gasteiger partial charge in [-0.1, -0.05) is 44.4 Å². The van der Waals surface area contributed by atoms with Crippen LogP contribution in [0.5, 0.6) is 0 Å². The summed E-state index contributed by atoms with van der Waals surface area (Å²) in [5, 5.41) is 3.05. The van der Waals surface area contributed by atoms with Crippen molar-refractivity contribution in [2.75, 3.05) is 12.4 Å². The number of nitrogens with one attached hydrogen (secondary N) is 1. The van der Waals surface area contributed by atoms with Crippen LogP contribution in [0.15, 0.2) is 23.2 Å². The van der Waals surface area contributed by atoms with Crippen LogP contribution in [0.1, 0.15) is 63.0 Å². The van der Waals surface area contributed by atoms with Crippen LogP contribution in [-0.2, 0) is 17.1 Å². The first kappa shape index (κ1) is 25.7. The normalized spacial score (nSPS) is 24.2. The van der Waals surface area contributed by atoms with Gasteiger partial charge in [-0.15, -0.1) is 0 Å². The quantitative estimate of drug-likeness (QED) is 0.380. The number of rotatable bonds is 4. The molecular weight excluding hydrogens is 468 g/mol. The molecule has 184 valence electrons. The molecule has 2 aliphatic rings. The van der Waals surface area contributed by atoms with Gasteiger partial charge in [-0.2, -0.15) is 26.3 Å². The number of hydrogen-bond acceptors (Lipinski definition) is 3. The van der Waals surface area contributed by atoms with Crippen molar-refractivity contribution >= 4 is 28.5 Å². The maximum atomic E-state index is 13.1. The number of benzene rings is 1. The number of carbonyl (C=O) groups excluding carboxylic acids is 1. The fourth-order valence-corrected chi connectivity index (χ4v) is 5.46. The topological polar surface area (TPSA) is 44.7 Å². The third-order valence-electron chi connectivity index (χ3n) is 6.02. The Kier molecular flexibility index (Phi) is 7.91. The summed E-state index contributed by atoms with van der Waals surface area (Å²) >= 11 is 1.54. The Morgan fingerprint density at radius 3 is 2.09 bits per heavy atom. The van der Waals surface area contributed by atoms with Gasteiger partial charge in [0.25, 0.3) is 0 Å². The van der Waals surface area contributed by atoms with Crippen LogP contribution < -0.4 is 5.32 Å². The lowest BCUT2D eigenvalue weighted by Crippen LogP contribution is -2.36. The van der Waals surface area contributed by atoms with Crippen LogP contribution >= 0.6 is 11.8 Å². The number of anilines is 1. The van der Waals surface area contributed by atoms with Crippen molar-refractivity contribution in [1.29, 1.82) is 0 Å². The van der Waals surface area contributed by atoms with Gasteiger partial charge in [0.15, 0.2) is 5.17 Å². The van der Waals surface area contributed by atoms with E-state index in [1.807, 2.05) is 18.9 Å². The summed E-state index contributed by atoms with van der Waals surface area (Å²) in [6.45, 7) is 1.93. The summed E-state index contributed by atoms with van der Waals surface area (Å²) in [5.74, 6) is -0.650. The van der Waals surface area contributed by atoms with E-state index in [9.17, 15) is 31.1 Å². The van der Waals surface area contributed by atoms with Gasteiger partial charge in [0.1, 0.15) is 0 Å². The zero-order valence-corrected chi connectivity index (χ0v) is 19.2. The van der Waals surface area contributed by atoms with Gasteiger partial charge in [0.05, 0.1) is 23.2 Å². The Balaban J connectivity index is 1.71. The molecule has 0 aromatic heterocycles. The second-order valence-electron chi connectivity index (χ2n) is 8.61. The zero-order chi connectivity index (χ0) is 24.4. The highest BCUT2D eigenvalue weighted by atomic mass is 32.2. The molecule has 4 nitrogen and oxygen atoms in total. The van der Waals surface area contributed by atoms with E-state index in [-0.39, 0.29) is 29.8 Å². The Bertz CT molecular complexity index is 846. The van der Waals surface area contributed by atoms with Crippen LogP contribution in [0, 0.1) is 0 Å². The Morgan fingerprint density at radius 2 is 1.58 bits per heavy atom. The first-order chi connectivity index (χ1) is 15.3. The summed E-state index contributed by atoms with van der Waals surface area (Å²) in [4.78, 5) is 19.3. The molecule has 1 aromatic carbocycles. The molecule has 1 heterocycles. The van der Waals surface area contributed by atoms with E-state index in [0.29, 0.717) is 12.1 Å². The zero-order valence-electron chi connectivity index (χ0n) is 18.4. The summed E-state index contributed by atoms with van der Waals surface area (Å²) in [6, 6.07) is 1.04. The van der Waals surface area contributed by atoms with E-state index < -0.39 is 35.1 Å². The summed E-state index contributed by atoms with van der Waals surface area (Å²) in [5.41, 5.74) is -3.46. The average molecular weight is 496 g/mol. The van der Waals surface area contributed by atoms with Gasteiger partial charge in [-0.25, -0.2) is 0 Å². The highest BCUT2D eigenvalue weighted by Crippen LogP contribution is 2.38. The Labute approximate surface area is 193 Å². The lowest BCUT2D eigenvalue weighted by Gasteiger charge is -2.23. The standard InChI is InChI=1S/C22H27F6N3OS/c1-13-18(31(2)20(33-13)30-16-7-5-3-4-6-8-16)12-19(32)29-17-10-14(21(23,24)25)9-15(11-17)22(26,27)28/h9-11,13,16,18H,3-8,12H2,1-2H3,(H,29,32). The molecule has 3 rings (SSSR count). The van der Waals surface area contributed by atoms with Crippen molar-refractivity contribution in [2.45, 2.75) is 81.6 Å². The molecule has 1 aromatic rings. The first-order valence-corrected chi connectivity index (χ1v) is 11.8. The molecular formula is C22H27F6N3OS. The highest BCUT2D eigenvalue weighted by Gasteiger charge is 2.38. The number of amides is 1. The molecule has 1 saturated carbocycles. The van der Waals surface area contributed by atoms with Gasteiger partial charge in [-0.3, -0.25) is 9.79 Å². The van der Waals surface area contributed by atoms with Crippen LogP contribution in [-0.4, -0.2) is 40.4 Å². The number of hydrogen-bond donors (Lipinski definition) is 1. The van der Waals surface area contributed by atoms with Crippen molar-refractivity contribution in [2.24, 2.45) is 4.99 Å². The van der Waals surface area contributed by atoms with Gasteiger partial charge in [0, 0.05) is 24.4 Å². The minimum absolute atomic E-state index is 0.00229. The molecule has 1 saturated heterocycles. The number of carbonyl (C=O) groups is 1. The smallest absolute Gasteiger partial charge is 0.350 e. The SMILES string of the molecule is CC1SC(=NC2CCCCCC2)N(C)C1CC(=O)Nc1cc(C(F)(F)F)cc(C(F)(F)F)c1. The number of aliphatic imine (C=N–C) groups is 1. The molecule has 1 aliphatic heterocycles. The fourth-order valence-electron chi connectivity index (χ4n) is 4.18. The monoisotopic (exact) mass is 495 g/mol. The van der Waals surface area contributed by atoms with Crippen molar-refractivity contribution in [3.05, 3.63) is 29.3 Å². The molecule has 1 N–H and O–H groups in total. The van der Waals surface area contributed by atoms with Gasteiger partial charge >= 0.3 is 12.4 Å². The number of alkyl halides is 6. The third kappa shape index (κ3) is 6.80. The predicted octanol–water partition coefficient (Wildman–Crippen LogP) is 6.57. The molecule has 1 aliphatic carbocycles. The molecule has 2 fully saturated rings. The van der Waals surface area contributed by atoms with Crippen molar-refractivity contribution in [1.82, 2.24) is 4.90 Å². The number of nitrogens with zero attached hydrogens (tertiary/aromatic N) is 2. The summed E-state index contributed by atoms with van der Waals surface area (Å²) in [7, 11) is 1.82. The maximum absolute atomic E-state index is 13.1. The number of halogens is 6. The van der Waals surface area contributed by atoms with Crippen molar-refractivity contribution < 1.29 is 31.1 Å². The minimum atomic E-state index is -4.97. The van der Waals surface area contributed by atoms with E-state index in [2.05, 4.69) is 5.32 Å². The number of thioether (sulfide) groups is 1. The molecule has 2 unspecified atom stereocenters. The third-order valence-corrected chi connectivity index (χ3v) is 7.31. The largest absolute Gasteiger partial charge is 0.416 e. The van der Waals surface area contributed by atoms with Crippen LogP contribution in [0.4, 0.5) is 32.0 Å². The van der Waals surface area contributed by atoms with Gasteiger partial charge in [-0.05, 0) is 31.0 Å². The van der Waals surface area contributed by atoms with E-state index in [0.717, 1.165) is 30.9 Å². The van der Waals surface area contributed by atoms with Gasteiger partial charge < -0.3 is 10.2 Å². The summed E-state index contributed by atoms with van der Waals surface area (Å²) < 4.78 is 78.4. The molecule has 2 atom stereocenters. The molecule has 0 radical (unpaired) electrons. The van der Waals surface area contributed by atoms with Crippen molar-refractivity contribution in [3.63, 3.8) is 0 Å². The van der Waals surface area contributed by atoms with E-state index in [1.54, 1.807) is 11.8 Å². The lowest BCUT2D eigenvalue weighted by atomic mass is 10.1. The number of amidine groups is 1. The lowest BCUT2D eigenvalue weighted by molar-refractivity contribution is -0.143. The fraction of sp³-hybridized carbons (Fsp3) is 0.636. The van der Waals surface area contributed by atoms with E-state index in [4.69, 9.17) is 4.99 Å². The average Bonchev–Trinajstić information content (AvgIpc) is 2.89. The second-order valence-corrected chi connectivity index (χ2v) is 9.95. The molecule has 33 heavy (non-hydrogen) atoms. The summed E-state index contributed by atoms with van der Waals surface area (Å²) in [6.07, 6.45) is -3.30.